The Kier molecular flexibility index (Phi) is 5.95. The van der Waals surface area contributed by atoms with Gasteiger partial charge in [-0.25, -0.2) is 4.39 Å². The number of aromatic nitrogens is 1. The molecule has 0 aliphatic rings. The number of halogens is 2. The van der Waals surface area contributed by atoms with Crippen molar-refractivity contribution in [1.29, 1.82) is 5.26 Å². The number of fused-ring (bicyclic) bond motifs is 1. The average molecular weight is 447 g/mol. The molecule has 0 saturated carbocycles. The van der Waals surface area contributed by atoms with Crippen molar-refractivity contribution in [1.82, 2.24) is 9.88 Å². The molecule has 0 aliphatic heterocycles. The molecular weight excluding hydrogens is 427 g/mol. The molecule has 1 aromatic heterocycles. The standard InChI is InChI=1S/C25H20ClFN4O/c1-31(2)14-15-3-6-19(7-4-15)30-24-18(12-28)13-29-23-8-5-16(9-20(23)24)17-10-21(26)25(32)22(27)11-17/h3-11,13,32H,14H2,1-2H3,(H,29,30). The number of aromatic hydroxyl groups is 1. The molecule has 0 bridgehead atoms. The van der Waals surface area contributed by atoms with Gasteiger partial charge in [0.2, 0.25) is 0 Å². The first-order chi connectivity index (χ1) is 15.4. The Labute approximate surface area is 190 Å². The first kappa shape index (κ1) is 21.6. The number of nitriles is 1. The van der Waals surface area contributed by atoms with Crippen LogP contribution in [-0.4, -0.2) is 29.1 Å². The van der Waals surface area contributed by atoms with E-state index in [0.717, 1.165) is 12.2 Å². The molecule has 5 nitrogen and oxygen atoms in total. The molecule has 0 radical (unpaired) electrons. The minimum atomic E-state index is -0.798. The van der Waals surface area contributed by atoms with Crippen LogP contribution < -0.4 is 5.32 Å². The maximum Gasteiger partial charge on any atom is 0.170 e. The summed E-state index contributed by atoms with van der Waals surface area (Å²) in [6, 6.07) is 18.3. The molecule has 1 heterocycles. The minimum absolute atomic E-state index is 0.0693. The number of nitrogens with one attached hydrogen (secondary N) is 1. The monoisotopic (exact) mass is 446 g/mol. The molecular formula is C25H20ClFN4O. The van der Waals surface area contributed by atoms with Crippen LogP contribution in [0.5, 0.6) is 5.75 Å². The average Bonchev–Trinajstić information content (AvgIpc) is 2.78. The summed E-state index contributed by atoms with van der Waals surface area (Å²) in [6.07, 6.45) is 1.53. The van der Waals surface area contributed by atoms with Crippen molar-refractivity contribution in [2.24, 2.45) is 0 Å². The SMILES string of the molecule is CN(C)Cc1ccc(Nc2c(C#N)cnc3ccc(-c4cc(F)c(O)c(Cl)c4)cc23)cc1. The lowest BCUT2D eigenvalue weighted by atomic mass is 10.0. The van der Waals surface area contributed by atoms with Gasteiger partial charge in [0.05, 0.1) is 21.8 Å². The molecule has 4 rings (SSSR count). The number of nitrogens with zero attached hydrogens (tertiary/aromatic N) is 3. The third-order valence-electron chi connectivity index (χ3n) is 5.06. The van der Waals surface area contributed by atoms with Crippen LogP contribution in [0.2, 0.25) is 5.02 Å². The fraction of sp³-hybridized carbons (Fsp3) is 0.120. The van der Waals surface area contributed by atoms with Gasteiger partial charge >= 0.3 is 0 Å². The smallest absolute Gasteiger partial charge is 0.170 e. The van der Waals surface area contributed by atoms with Crippen LogP contribution in [0.3, 0.4) is 0 Å². The van der Waals surface area contributed by atoms with E-state index < -0.39 is 11.6 Å². The van der Waals surface area contributed by atoms with Gasteiger partial charge in [-0.3, -0.25) is 4.98 Å². The fourth-order valence-electron chi connectivity index (χ4n) is 3.53. The molecule has 0 aliphatic carbocycles. The van der Waals surface area contributed by atoms with Crippen molar-refractivity contribution in [3.63, 3.8) is 0 Å². The summed E-state index contributed by atoms with van der Waals surface area (Å²) in [5, 5.41) is 23.3. The molecule has 0 unspecified atom stereocenters. The first-order valence-electron chi connectivity index (χ1n) is 9.87. The second kappa shape index (κ2) is 8.83. The highest BCUT2D eigenvalue weighted by atomic mass is 35.5. The van der Waals surface area contributed by atoms with Crippen LogP contribution in [0.1, 0.15) is 11.1 Å². The van der Waals surface area contributed by atoms with E-state index in [2.05, 4.69) is 21.3 Å². The Morgan fingerprint density at radius 1 is 1.09 bits per heavy atom. The molecule has 0 amide bonds. The molecule has 160 valence electrons. The quantitative estimate of drug-likeness (QED) is 0.389. The maximum absolute atomic E-state index is 14.0. The van der Waals surface area contributed by atoms with Crippen LogP contribution in [-0.2, 0) is 6.54 Å². The summed E-state index contributed by atoms with van der Waals surface area (Å²) >= 11 is 5.96. The summed E-state index contributed by atoms with van der Waals surface area (Å²) in [5.74, 6) is -1.38. The fourth-order valence-corrected chi connectivity index (χ4v) is 3.73. The zero-order valence-corrected chi connectivity index (χ0v) is 18.3. The molecule has 7 heteroatoms. The molecule has 2 N–H and O–H groups in total. The summed E-state index contributed by atoms with van der Waals surface area (Å²) in [7, 11) is 4.03. The third-order valence-corrected chi connectivity index (χ3v) is 5.35. The number of anilines is 2. The number of hydrogen-bond acceptors (Lipinski definition) is 5. The lowest BCUT2D eigenvalue weighted by molar-refractivity contribution is 0.402. The van der Waals surface area contributed by atoms with Gasteiger partial charge in [-0.15, -0.1) is 0 Å². The van der Waals surface area contributed by atoms with Gasteiger partial charge in [-0.2, -0.15) is 5.26 Å². The summed E-state index contributed by atoms with van der Waals surface area (Å²) in [4.78, 5) is 6.47. The van der Waals surface area contributed by atoms with Crippen molar-refractivity contribution in [3.8, 4) is 22.9 Å². The van der Waals surface area contributed by atoms with Gasteiger partial charge in [-0.05, 0) is 67.2 Å². The van der Waals surface area contributed by atoms with Crippen LogP contribution in [0.15, 0.2) is 60.8 Å². The van der Waals surface area contributed by atoms with Gasteiger partial charge in [0.25, 0.3) is 0 Å². The van der Waals surface area contributed by atoms with E-state index in [1.54, 1.807) is 12.1 Å². The summed E-state index contributed by atoms with van der Waals surface area (Å²) < 4.78 is 14.0. The van der Waals surface area contributed by atoms with E-state index >= 15 is 0 Å². The molecule has 0 fully saturated rings. The van der Waals surface area contributed by atoms with E-state index in [0.29, 0.717) is 33.3 Å². The Balaban J connectivity index is 1.79. The Hall–Kier alpha value is -3.66. The van der Waals surface area contributed by atoms with Crippen molar-refractivity contribution in [2.45, 2.75) is 6.54 Å². The number of hydrogen-bond donors (Lipinski definition) is 2. The van der Waals surface area contributed by atoms with Crippen molar-refractivity contribution >= 4 is 33.9 Å². The van der Waals surface area contributed by atoms with Gasteiger partial charge < -0.3 is 15.3 Å². The second-order valence-corrected chi connectivity index (χ2v) is 8.15. The van der Waals surface area contributed by atoms with Crippen LogP contribution >= 0.6 is 11.6 Å². The maximum atomic E-state index is 14.0. The number of phenolic OH excluding ortho intramolecular Hbond substituents is 1. The Morgan fingerprint density at radius 3 is 2.50 bits per heavy atom. The number of pyridine rings is 1. The van der Waals surface area contributed by atoms with E-state index in [1.807, 2.05) is 44.4 Å². The highest BCUT2D eigenvalue weighted by Crippen LogP contribution is 2.36. The molecule has 0 saturated heterocycles. The third kappa shape index (κ3) is 4.35. The normalized spacial score (nSPS) is 11.0. The predicted molar refractivity (Wildman–Crippen MR) is 126 cm³/mol. The van der Waals surface area contributed by atoms with E-state index in [4.69, 9.17) is 11.6 Å². The number of benzene rings is 3. The zero-order chi connectivity index (χ0) is 22.8. The lowest BCUT2D eigenvalue weighted by Crippen LogP contribution is -2.10. The molecule has 0 spiro atoms. The predicted octanol–water partition coefficient (Wildman–Crippen LogP) is 6.08. The number of phenols is 1. The summed E-state index contributed by atoms with van der Waals surface area (Å²) in [6.45, 7) is 0.830. The van der Waals surface area contributed by atoms with Crippen LogP contribution in [0.25, 0.3) is 22.0 Å². The van der Waals surface area contributed by atoms with Gasteiger partial charge in [0.1, 0.15) is 6.07 Å². The van der Waals surface area contributed by atoms with Crippen molar-refractivity contribution < 1.29 is 9.50 Å². The van der Waals surface area contributed by atoms with E-state index in [1.165, 1.54) is 23.9 Å². The second-order valence-electron chi connectivity index (χ2n) is 7.74. The molecule has 0 atom stereocenters. The summed E-state index contributed by atoms with van der Waals surface area (Å²) in [5.41, 5.74) is 4.89. The largest absolute Gasteiger partial charge is 0.504 e. The van der Waals surface area contributed by atoms with Gasteiger partial charge in [0.15, 0.2) is 11.6 Å². The molecule has 3 aromatic carbocycles. The van der Waals surface area contributed by atoms with Crippen molar-refractivity contribution in [2.75, 3.05) is 19.4 Å². The van der Waals surface area contributed by atoms with E-state index in [9.17, 15) is 14.8 Å². The minimum Gasteiger partial charge on any atom is -0.504 e. The Bertz CT molecular complexity index is 1320. The van der Waals surface area contributed by atoms with Crippen LogP contribution in [0, 0.1) is 17.1 Å². The van der Waals surface area contributed by atoms with Crippen molar-refractivity contribution in [3.05, 3.63) is 82.8 Å². The lowest BCUT2D eigenvalue weighted by Gasteiger charge is -2.14. The van der Waals surface area contributed by atoms with E-state index in [-0.39, 0.29) is 5.02 Å². The number of rotatable bonds is 5. The highest BCUT2D eigenvalue weighted by molar-refractivity contribution is 6.32. The molecule has 4 aromatic rings. The first-order valence-corrected chi connectivity index (χ1v) is 10.3. The van der Waals surface area contributed by atoms with Crippen LogP contribution in [0.4, 0.5) is 15.8 Å². The highest BCUT2D eigenvalue weighted by Gasteiger charge is 2.13. The van der Waals surface area contributed by atoms with Gasteiger partial charge in [-0.1, -0.05) is 29.8 Å². The Morgan fingerprint density at radius 2 is 1.84 bits per heavy atom. The molecule has 32 heavy (non-hydrogen) atoms. The van der Waals surface area contributed by atoms with Gasteiger partial charge in [0, 0.05) is 23.8 Å². The zero-order valence-electron chi connectivity index (χ0n) is 17.5. The topological polar surface area (TPSA) is 72.2 Å².